The number of nitro groups is 1. The molecule has 2 rings (SSSR count). The quantitative estimate of drug-likeness (QED) is 0.284. The molecule has 2 aromatic carbocycles. The first-order chi connectivity index (χ1) is 13.1. The Morgan fingerprint density at radius 2 is 1.86 bits per heavy atom. The van der Waals surface area contributed by atoms with Crippen LogP contribution in [0.5, 0.6) is 0 Å². The van der Waals surface area contributed by atoms with Gasteiger partial charge in [-0.25, -0.2) is 8.42 Å². The Labute approximate surface area is 167 Å². The fourth-order valence-electron chi connectivity index (χ4n) is 2.71. The van der Waals surface area contributed by atoms with Crippen LogP contribution in [0.4, 0.5) is 17.1 Å². The van der Waals surface area contributed by atoms with Crippen molar-refractivity contribution in [3.05, 3.63) is 62.7 Å². The molecule has 0 amide bonds. The molecule has 8 nitrogen and oxygen atoms in total. The third-order valence-corrected chi connectivity index (χ3v) is 6.69. The summed E-state index contributed by atoms with van der Waals surface area (Å²) in [7, 11) is -3.67. The number of hydrogen-bond donors (Lipinski definition) is 2. The molecule has 3 N–H and O–H groups in total. The number of nitrogens with one attached hydrogen (secondary N) is 1. The SMILES string of the molecule is CCC(CC)S(=O)(=O)Nc1cc(C(=O)c2ccc([N+](=O)[O-])cc2Cl)ccc1N. The standard InChI is InChI=1S/C18H20ClN3O5S/c1-3-13(4-2)28(26,27)21-17-9-11(5-8-16(17)20)18(23)14-7-6-12(22(24)25)10-15(14)19/h5-10,13,21H,3-4,20H2,1-2H3. The van der Waals surface area contributed by atoms with Gasteiger partial charge in [0.05, 0.1) is 26.6 Å². The smallest absolute Gasteiger partial charge is 0.270 e. The third kappa shape index (κ3) is 4.60. The van der Waals surface area contributed by atoms with E-state index >= 15 is 0 Å². The number of sulfonamides is 1. The van der Waals surface area contributed by atoms with E-state index in [1.165, 1.54) is 30.3 Å². The van der Waals surface area contributed by atoms with Gasteiger partial charge in [0.15, 0.2) is 5.78 Å². The second kappa shape index (κ2) is 8.57. The molecule has 10 heteroatoms. The summed E-state index contributed by atoms with van der Waals surface area (Å²) in [6, 6.07) is 7.69. The zero-order valence-electron chi connectivity index (χ0n) is 15.3. The van der Waals surface area contributed by atoms with E-state index in [-0.39, 0.29) is 33.2 Å². The molecule has 0 saturated heterocycles. The fraction of sp³-hybridized carbons (Fsp3) is 0.278. The number of carbonyl (C=O) groups excluding carboxylic acids is 1. The highest BCUT2D eigenvalue weighted by Crippen LogP contribution is 2.28. The van der Waals surface area contributed by atoms with Crippen LogP contribution in [0.2, 0.25) is 5.02 Å². The third-order valence-electron chi connectivity index (χ3n) is 4.33. The van der Waals surface area contributed by atoms with Crippen LogP contribution in [0.3, 0.4) is 0 Å². The second-order valence-electron chi connectivity index (χ2n) is 6.14. The van der Waals surface area contributed by atoms with Crippen LogP contribution in [0.15, 0.2) is 36.4 Å². The number of benzene rings is 2. The second-order valence-corrected chi connectivity index (χ2v) is 8.51. The van der Waals surface area contributed by atoms with Crippen molar-refractivity contribution < 1.29 is 18.1 Å². The van der Waals surface area contributed by atoms with Gasteiger partial charge < -0.3 is 5.73 Å². The molecule has 0 fully saturated rings. The molecule has 0 heterocycles. The molecule has 0 saturated carbocycles. The number of ketones is 1. The van der Waals surface area contributed by atoms with Crippen LogP contribution in [0, 0.1) is 10.1 Å². The highest BCUT2D eigenvalue weighted by Gasteiger charge is 2.24. The van der Waals surface area contributed by atoms with Gasteiger partial charge >= 0.3 is 0 Å². The molecule has 0 aliphatic rings. The van der Waals surface area contributed by atoms with Crippen LogP contribution in [-0.4, -0.2) is 24.4 Å². The Kier molecular flexibility index (Phi) is 6.63. The number of non-ortho nitro benzene ring substituents is 1. The van der Waals surface area contributed by atoms with Gasteiger partial charge in [-0.05, 0) is 37.1 Å². The van der Waals surface area contributed by atoms with Gasteiger partial charge in [-0.1, -0.05) is 25.4 Å². The summed E-state index contributed by atoms with van der Waals surface area (Å²) < 4.78 is 27.4. The zero-order chi connectivity index (χ0) is 21.1. The van der Waals surface area contributed by atoms with E-state index in [9.17, 15) is 23.3 Å². The maximum absolute atomic E-state index is 12.8. The lowest BCUT2D eigenvalue weighted by molar-refractivity contribution is -0.384. The first-order valence-corrected chi connectivity index (χ1v) is 10.4. The molecule has 0 aliphatic carbocycles. The molecule has 0 aromatic heterocycles. The number of carbonyl (C=O) groups is 1. The van der Waals surface area contributed by atoms with Gasteiger partial charge in [-0.15, -0.1) is 0 Å². The maximum atomic E-state index is 12.8. The number of nitrogens with zero attached hydrogens (tertiary/aromatic N) is 1. The Hall–Kier alpha value is -2.65. The lowest BCUT2D eigenvalue weighted by Crippen LogP contribution is -2.27. The van der Waals surface area contributed by atoms with Crippen molar-refractivity contribution in [2.75, 3.05) is 10.5 Å². The van der Waals surface area contributed by atoms with E-state index in [0.29, 0.717) is 12.8 Å². The molecular weight excluding hydrogens is 406 g/mol. The van der Waals surface area contributed by atoms with Crippen LogP contribution < -0.4 is 10.5 Å². The predicted octanol–water partition coefficient (Wildman–Crippen LogP) is 3.99. The number of anilines is 2. The summed E-state index contributed by atoms with van der Waals surface area (Å²) >= 11 is 6.01. The largest absolute Gasteiger partial charge is 0.397 e. The van der Waals surface area contributed by atoms with Gasteiger partial charge in [0, 0.05) is 23.3 Å². The fourth-order valence-corrected chi connectivity index (χ4v) is 4.50. The first-order valence-electron chi connectivity index (χ1n) is 8.50. The highest BCUT2D eigenvalue weighted by molar-refractivity contribution is 7.93. The van der Waals surface area contributed by atoms with E-state index in [4.69, 9.17) is 17.3 Å². The van der Waals surface area contributed by atoms with Gasteiger partial charge in [0.1, 0.15) is 0 Å². The van der Waals surface area contributed by atoms with Crippen molar-refractivity contribution in [1.82, 2.24) is 0 Å². The summed E-state index contributed by atoms with van der Waals surface area (Å²) in [5.74, 6) is -0.511. The highest BCUT2D eigenvalue weighted by atomic mass is 35.5. The lowest BCUT2D eigenvalue weighted by atomic mass is 10.0. The van der Waals surface area contributed by atoms with Crippen molar-refractivity contribution in [2.24, 2.45) is 0 Å². The van der Waals surface area contributed by atoms with E-state index in [0.717, 1.165) is 6.07 Å². The lowest BCUT2D eigenvalue weighted by Gasteiger charge is -2.17. The minimum Gasteiger partial charge on any atom is -0.397 e. The molecule has 0 atom stereocenters. The zero-order valence-corrected chi connectivity index (χ0v) is 16.9. The molecule has 0 radical (unpaired) electrons. The maximum Gasteiger partial charge on any atom is 0.270 e. The number of hydrogen-bond acceptors (Lipinski definition) is 6. The normalized spacial score (nSPS) is 11.4. The number of nitrogen functional groups attached to an aromatic ring is 1. The van der Waals surface area contributed by atoms with Crippen molar-refractivity contribution in [3.63, 3.8) is 0 Å². The number of nitro benzene ring substituents is 1. The van der Waals surface area contributed by atoms with E-state index in [2.05, 4.69) is 4.72 Å². The predicted molar refractivity (Wildman–Crippen MR) is 109 cm³/mol. The van der Waals surface area contributed by atoms with Crippen LogP contribution in [0.1, 0.15) is 42.6 Å². The van der Waals surface area contributed by atoms with E-state index in [1.54, 1.807) is 13.8 Å². The van der Waals surface area contributed by atoms with Crippen LogP contribution in [0.25, 0.3) is 0 Å². The van der Waals surface area contributed by atoms with E-state index in [1.807, 2.05) is 0 Å². The molecule has 150 valence electrons. The Bertz CT molecular complexity index is 1020. The molecule has 0 aliphatic heterocycles. The number of nitrogens with two attached hydrogens (primary N) is 1. The van der Waals surface area contributed by atoms with Gasteiger partial charge in [-0.2, -0.15) is 0 Å². The van der Waals surface area contributed by atoms with Crippen molar-refractivity contribution in [2.45, 2.75) is 31.9 Å². The average molecular weight is 426 g/mol. The molecule has 0 unspecified atom stereocenters. The van der Waals surface area contributed by atoms with Crippen LogP contribution in [-0.2, 0) is 10.0 Å². The molecule has 28 heavy (non-hydrogen) atoms. The topological polar surface area (TPSA) is 132 Å². The van der Waals surface area contributed by atoms with Crippen LogP contribution >= 0.6 is 11.6 Å². The Morgan fingerprint density at radius 1 is 1.21 bits per heavy atom. The Balaban J connectivity index is 2.40. The van der Waals surface area contributed by atoms with Crippen molar-refractivity contribution in [1.29, 1.82) is 0 Å². The summed E-state index contributed by atoms with van der Waals surface area (Å²) in [6.07, 6.45) is 0.867. The van der Waals surface area contributed by atoms with Crippen molar-refractivity contribution in [3.8, 4) is 0 Å². The molecular formula is C18H20ClN3O5S. The minimum absolute atomic E-state index is 0.0610. The molecule has 2 aromatic rings. The van der Waals surface area contributed by atoms with Crippen molar-refractivity contribution >= 4 is 44.5 Å². The summed E-state index contributed by atoms with van der Waals surface area (Å²) in [5, 5.41) is 10.1. The minimum atomic E-state index is -3.67. The molecule has 0 spiro atoms. The number of rotatable bonds is 8. The van der Waals surface area contributed by atoms with Gasteiger partial charge in [0.2, 0.25) is 10.0 Å². The number of halogens is 1. The monoisotopic (exact) mass is 425 g/mol. The first kappa shape index (κ1) is 21.6. The van der Waals surface area contributed by atoms with Gasteiger partial charge in [0.25, 0.3) is 5.69 Å². The Morgan fingerprint density at radius 3 is 2.39 bits per heavy atom. The average Bonchev–Trinajstić information content (AvgIpc) is 2.63. The summed E-state index contributed by atoms with van der Waals surface area (Å²) in [5.41, 5.74) is 6.09. The summed E-state index contributed by atoms with van der Waals surface area (Å²) in [6.45, 7) is 3.54. The van der Waals surface area contributed by atoms with Gasteiger partial charge in [-0.3, -0.25) is 19.6 Å². The van der Waals surface area contributed by atoms with E-state index < -0.39 is 26.0 Å². The molecule has 0 bridgehead atoms. The summed E-state index contributed by atoms with van der Waals surface area (Å²) in [4.78, 5) is 22.9.